The van der Waals surface area contributed by atoms with E-state index < -0.39 is 8.07 Å². The lowest BCUT2D eigenvalue weighted by Crippen LogP contribution is -2.35. The second-order valence-corrected chi connectivity index (χ2v) is 10.2. The zero-order chi connectivity index (χ0) is 13.1. The Balaban J connectivity index is 4.46. The lowest BCUT2D eigenvalue weighted by molar-refractivity contribution is -0.104. The number of hydrogen-bond acceptors (Lipinski definition) is 1. The van der Waals surface area contributed by atoms with Gasteiger partial charge in [0.1, 0.15) is 6.29 Å². The Kier molecular flexibility index (Phi) is 9.42. The normalized spacial score (nSPS) is 12.8. The lowest BCUT2D eigenvalue weighted by Gasteiger charge is -2.28. The topological polar surface area (TPSA) is 17.1 Å². The summed E-state index contributed by atoms with van der Waals surface area (Å²) in [6, 6.07) is 3.62. The summed E-state index contributed by atoms with van der Waals surface area (Å²) in [5, 5.41) is 1.18. The maximum atomic E-state index is 11.3. The second kappa shape index (κ2) is 9.64. The zero-order valence-corrected chi connectivity index (χ0v) is 13.2. The van der Waals surface area contributed by atoms with Crippen LogP contribution in [0.15, 0.2) is 11.3 Å². The van der Waals surface area contributed by atoms with Crippen molar-refractivity contribution >= 4 is 14.4 Å². The maximum absolute atomic E-state index is 11.3. The van der Waals surface area contributed by atoms with E-state index in [1.165, 1.54) is 49.0 Å². The molecule has 0 atom stereocenters. The zero-order valence-electron chi connectivity index (χ0n) is 12.2. The molecule has 0 aromatic heterocycles. The van der Waals surface area contributed by atoms with Gasteiger partial charge >= 0.3 is 0 Å². The third-order valence-electron chi connectivity index (χ3n) is 4.19. The molecule has 0 saturated carbocycles. The Bertz CT molecular complexity index is 221. The standard InChI is InChI=1S/C15H30OSi/c1-5-9-10-11-12-13-15(14-16)17(6-2,7-3)8-4/h13-14H,5-12H2,1-4H3/b15-13+. The van der Waals surface area contributed by atoms with E-state index >= 15 is 0 Å². The first-order valence-corrected chi connectivity index (χ1v) is 9.98. The van der Waals surface area contributed by atoms with Gasteiger partial charge in [0, 0.05) is 0 Å². The first-order chi connectivity index (χ1) is 8.20. The molecular formula is C15H30OSi. The van der Waals surface area contributed by atoms with Crippen LogP contribution < -0.4 is 0 Å². The number of rotatable bonds is 10. The van der Waals surface area contributed by atoms with Gasteiger partial charge < -0.3 is 0 Å². The molecule has 0 unspecified atom stereocenters. The third-order valence-corrected chi connectivity index (χ3v) is 9.80. The van der Waals surface area contributed by atoms with Crippen molar-refractivity contribution in [3.05, 3.63) is 11.3 Å². The van der Waals surface area contributed by atoms with E-state index in [4.69, 9.17) is 0 Å². The van der Waals surface area contributed by atoms with Crippen molar-refractivity contribution in [2.45, 2.75) is 77.9 Å². The summed E-state index contributed by atoms with van der Waals surface area (Å²) >= 11 is 0. The van der Waals surface area contributed by atoms with E-state index in [1.54, 1.807) is 0 Å². The highest BCUT2D eigenvalue weighted by Gasteiger charge is 2.30. The van der Waals surface area contributed by atoms with E-state index in [0.29, 0.717) is 0 Å². The van der Waals surface area contributed by atoms with E-state index in [9.17, 15) is 4.79 Å². The quantitative estimate of drug-likeness (QED) is 0.229. The van der Waals surface area contributed by atoms with Gasteiger partial charge in [-0.15, -0.1) is 0 Å². The van der Waals surface area contributed by atoms with Crippen LogP contribution in [0.5, 0.6) is 0 Å². The highest BCUT2D eigenvalue weighted by molar-refractivity contribution is 6.89. The van der Waals surface area contributed by atoms with Crippen molar-refractivity contribution in [2.24, 2.45) is 0 Å². The molecule has 0 spiro atoms. The highest BCUT2D eigenvalue weighted by atomic mass is 28.3. The molecule has 17 heavy (non-hydrogen) atoms. The van der Waals surface area contributed by atoms with Crippen molar-refractivity contribution in [1.82, 2.24) is 0 Å². The molecule has 0 aliphatic rings. The Morgan fingerprint density at radius 3 is 1.94 bits per heavy atom. The SMILES string of the molecule is CCCCCC/C=C(\C=O)[Si](CC)(CC)CC. The predicted octanol–water partition coefficient (Wildman–Crippen LogP) is 5.13. The molecule has 0 aliphatic carbocycles. The summed E-state index contributed by atoms with van der Waals surface area (Å²) in [6.07, 6.45) is 9.66. The van der Waals surface area contributed by atoms with Gasteiger partial charge in [0.25, 0.3) is 0 Å². The van der Waals surface area contributed by atoms with Crippen LogP contribution in [0.4, 0.5) is 0 Å². The number of carbonyl (C=O) groups excluding carboxylic acids is 1. The molecule has 0 bridgehead atoms. The molecule has 0 aliphatic heterocycles. The van der Waals surface area contributed by atoms with Crippen molar-refractivity contribution in [3.8, 4) is 0 Å². The van der Waals surface area contributed by atoms with E-state index in [0.717, 1.165) is 12.7 Å². The highest BCUT2D eigenvalue weighted by Crippen LogP contribution is 2.27. The molecule has 0 fully saturated rings. The van der Waals surface area contributed by atoms with E-state index in [2.05, 4.69) is 33.8 Å². The van der Waals surface area contributed by atoms with Crippen LogP contribution in [-0.2, 0) is 4.79 Å². The predicted molar refractivity (Wildman–Crippen MR) is 80.1 cm³/mol. The molecule has 1 nitrogen and oxygen atoms in total. The molecule has 2 heteroatoms. The summed E-state index contributed by atoms with van der Waals surface area (Å²) in [6.45, 7) is 9.00. The van der Waals surface area contributed by atoms with Crippen molar-refractivity contribution in [2.75, 3.05) is 0 Å². The summed E-state index contributed by atoms with van der Waals surface area (Å²) in [5.74, 6) is 0. The van der Waals surface area contributed by atoms with Gasteiger partial charge in [0.2, 0.25) is 0 Å². The Morgan fingerprint density at radius 1 is 0.941 bits per heavy atom. The van der Waals surface area contributed by atoms with Gasteiger partial charge in [-0.1, -0.05) is 71.2 Å². The Labute approximate surface area is 109 Å². The maximum Gasteiger partial charge on any atom is 0.141 e. The minimum Gasteiger partial charge on any atom is -0.299 e. The van der Waals surface area contributed by atoms with Gasteiger partial charge in [0.15, 0.2) is 0 Å². The average Bonchev–Trinajstić information content (AvgIpc) is 2.38. The fourth-order valence-corrected chi connectivity index (χ4v) is 6.13. The van der Waals surface area contributed by atoms with E-state index in [-0.39, 0.29) is 0 Å². The van der Waals surface area contributed by atoms with Crippen LogP contribution in [-0.4, -0.2) is 14.4 Å². The van der Waals surface area contributed by atoms with Gasteiger partial charge in [0.05, 0.1) is 8.07 Å². The van der Waals surface area contributed by atoms with E-state index in [1.807, 2.05) is 0 Å². The van der Waals surface area contributed by atoms with Crippen molar-refractivity contribution < 1.29 is 4.79 Å². The van der Waals surface area contributed by atoms with Crippen LogP contribution in [0, 0.1) is 0 Å². The average molecular weight is 254 g/mol. The molecule has 0 heterocycles. The van der Waals surface area contributed by atoms with Crippen LogP contribution in [0.25, 0.3) is 0 Å². The van der Waals surface area contributed by atoms with Crippen LogP contribution in [0.2, 0.25) is 18.1 Å². The fraction of sp³-hybridized carbons (Fsp3) is 0.800. The summed E-state index contributed by atoms with van der Waals surface area (Å²) in [7, 11) is -1.42. The molecule has 100 valence electrons. The Hall–Kier alpha value is -0.373. The van der Waals surface area contributed by atoms with Gasteiger partial charge in [-0.3, -0.25) is 4.79 Å². The Morgan fingerprint density at radius 2 is 1.53 bits per heavy atom. The second-order valence-electron chi connectivity index (χ2n) is 4.97. The van der Waals surface area contributed by atoms with Gasteiger partial charge in [-0.25, -0.2) is 0 Å². The minimum atomic E-state index is -1.42. The van der Waals surface area contributed by atoms with Gasteiger partial charge in [-0.05, 0) is 18.0 Å². The first-order valence-electron chi connectivity index (χ1n) is 7.36. The minimum absolute atomic E-state index is 1.10. The van der Waals surface area contributed by atoms with Crippen molar-refractivity contribution in [1.29, 1.82) is 0 Å². The van der Waals surface area contributed by atoms with Crippen molar-refractivity contribution in [3.63, 3.8) is 0 Å². The molecule has 0 N–H and O–H groups in total. The molecule has 0 rings (SSSR count). The smallest absolute Gasteiger partial charge is 0.141 e. The summed E-state index contributed by atoms with van der Waals surface area (Å²) < 4.78 is 0. The number of carbonyl (C=O) groups is 1. The summed E-state index contributed by atoms with van der Waals surface area (Å²) in [4.78, 5) is 11.3. The molecule has 0 radical (unpaired) electrons. The van der Waals surface area contributed by atoms with Crippen LogP contribution >= 0.6 is 0 Å². The molecule has 0 amide bonds. The molecule has 0 saturated heterocycles. The number of allylic oxidation sites excluding steroid dienone is 2. The lowest BCUT2D eigenvalue weighted by atomic mass is 10.1. The number of unbranched alkanes of at least 4 members (excludes halogenated alkanes) is 4. The molecular weight excluding hydrogens is 224 g/mol. The third kappa shape index (κ3) is 5.20. The first kappa shape index (κ1) is 16.6. The number of hydrogen-bond donors (Lipinski definition) is 0. The summed E-state index contributed by atoms with van der Waals surface area (Å²) in [5.41, 5.74) is 0. The molecule has 0 aromatic rings. The van der Waals surface area contributed by atoms with Crippen LogP contribution in [0.3, 0.4) is 0 Å². The largest absolute Gasteiger partial charge is 0.299 e. The monoisotopic (exact) mass is 254 g/mol. The molecule has 0 aromatic carbocycles. The number of aldehydes is 1. The van der Waals surface area contributed by atoms with Crippen LogP contribution in [0.1, 0.15) is 59.8 Å². The fourth-order valence-electron chi connectivity index (χ4n) is 2.58. The van der Waals surface area contributed by atoms with Gasteiger partial charge in [-0.2, -0.15) is 0 Å².